The van der Waals surface area contributed by atoms with E-state index >= 15 is 0 Å². The van der Waals surface area contributed by atoms with E-state index in [1.165, 1.54) is 19.4 Å². The molecule has 0 aliphatic carbocycles. The van der Waals surface area contributed by atoms with Crippen molar-refractivity contribution < 1.29 is 4.74 Å². The molecule has 0 spiro atoms. The van der Waals surface area contributed by atoms with Crippen LogP contribution in [0.1, 0.15) is 26.7 Å². The van der Waals surface area contributed by atoms with Gasteiger partial charge in [0.25, 0.3) is 0 Å². The number of rotatable bonds is 6. The van der Waals surface area contributed by atoms with Crippen LogP contribution in [0.15, 0.2) is 0 Å². The minimum atomic E-state index is 0.597. The van der Waals surface area contributed by atoms with Crippen molar-refractivity contribution >= 4 is 11.6 Å². The van der Waals surface area contributed by atoms with E-state index in [-0.39, 0.29) is 0 Å². The number of hydrogen-bond acceptors (Lipinski definition) is 2. The fourth-order valence-corrected chi connectivity index (χ4v) is 2.21. The van der Waals surface area contributed by atoms with Crippen LogP contribution in [0.4, 0.5) is 0 Å². The highest BCUT2D eigenvalue weighted by molar-refractivity contribution is 6.18. The van der Waals surface area contributed by atoms with Gasteiger partial charge in [-0.15, -0.1) is 11.6 Å². The van der Waals surface area contributed by atoms with E-state index in [0.717, 1.165) is 25.6 Å². The second-order valence-corrected chi connectivity index (χ2v) is 4.76. The molecule has 0 N–H and O–H groups in total. The van der Waals surface area contributed by atoms with E-state index < -0.39 is 0 Å². The summed E-state index contributed by atoms with van der Waals surface area (Å²) in [5, 5.41) is 0. The van der Waals surface area contributed by atoms with Gasteiger partial charge in [-0.2, -0.15) is 0 Å². The average Bonchev–Trinajstić information content (AvgIpc) is 2.59. The van der Waals surface area contributed by atoms with E-state index in [2.05, 4.69) is 18.7 Å². The topological polar surface area (TPSA) is 12.5 Å². The maximum Gasteiger partial charge on any atom is 0.0593 e. The zero-order chi connectivity index (χ0) is 10.4. The Bertz CT molecular complexity index is 152. The van der Waals surface area contributed by atoms with Gasteiger partial charge in [-0.1, -0.05) is 13.8 Å². The Morgan fingerprint density at radius 1 is 1.50 bits per heavy atom. The van der Waals surface area contributed by atoms with Gasteiger partial charge in [0.1, 0.15) is 0 Å². The van der Waals surface area contributed by atoms with Gasteiger partial charge >= 0.3 is 0 Å². The van der Waals surface area contributed by atoms with Gasteiger partial charge in [-0.25, -0.2) is 0 Å². The molecular formula is C11H22ClNO. The molecule has 1 aliphatic rings. The lowest BCUT2D eigenvalue weighted by Gasteiger charge is -2.22. The predicted octanol–water partition coefficient (Wildman–Crippen LogP) is 2.36. The number of alkyl halides is 1. The lowest BCUT2D eigenvalue weighted by molar-refractivity contribution is 0.0842. The van der Waals surface area contributed by atoms with E-state index in [9.17, 15) is 0 Å². The van der Waals surface area contributed by atoms with Gasteiger partial charge in [-0.3, -0.25) is 4.90 Å². The van der Waals surface area contributed by atoms with E-state index in [1.54, 1.807) is 0 Å². The summed E-state index contributed by atoms with van der Waals surface area (Å²) in [5.41, 5.74) is 0. The maximum atomic E-state index is 5.88. The Hall–Kier alpha value is 0.210. The molecule has 3 heteroatoms. The van der Waals surface area contributed by atoms with E-state index in [4.69, 9.17) is 16.3 Å². The molecule has 14 heavy (non-hydrogen) atoms. The molecular weight excluding hydrogens is 198 g/mol. The number of ether oxygens (including phenoxy) is 1. The number of halogens is 1. The monoisotopic (exact) mass is 219 g/mol. The quantitative estimate of drug-likeness (QED) is 0.503. The normalized spacial score (nSPS) is 23.6. The first-order valence-corrected chi connectivity index (χ1v) is 6.15. The molecule has 1 aliphatic heterocycles. The molecule has 1 unspecified atom stereocenters. The van der Waals surface area contributed by atoms with Crippen LogP contribution in [0.3, 0.4) is 0 Å². The first-order valence-electron chi connectivity index (χ1n) is 5.61. The molecule has 0 saturated carbocycles. The average molecular weight is 220 g/mol. The molecule has 2 nitrogen and oxygen atoms in total. The fraction of sp³-hybridized carbons (Fsp3) is 1.00. The molecule has 0 amide bonds. The molecule has 1 saturated heterocycles. The Labute approximate surface area is 92.6 Å². The fourth-order valence-electron chi connectivity index (χ4n) is 1.87. The Morgan fingerprint density at radius 3 is 2.93 bits per heavy atom. The minimum absolute atomic E-state index is 0.597. The largest absolute Gasteiger partial charge is 0.380 e. The molecule has 1 heterocycles. The van der Waals surface area contributed by atoms with Crippen LogP contribution in [0.25, 0.3) is 0 Å². The van der Waals surface area contributed by atoms with Crippen molar-refractivity contribution in [3.63, 3.8) is 0 Å². The highest BCUT2D eigenvalue weighted by atomic mass is 35.5. The third-order valence-corrected chi connectivity index (χ3v) is 3.01. The Kier molecular flexibility index (Phi) is 5.83. The summed E-state index contributed by atoms with van der Waals surface area (Å²) in [4.78, 5) is 2.45. The Morgan fingerprint density at radius 2 is 2.29 bits per heavy atom. The summed E-state index contributed by atoms with van der Waals surface area (Å²) in [6, 6.07) is 0.597. The molecule has 84 valence electrons. The standard InChI is InChI=1S/C11H22ClNO/c1-10(2)9-14-7-6-13-5-3-4-11(13)8-12/h10-11H,3-9H2,1-2H3. The van der Waals surface area contributed by atoms with Crippen molar-refractivity contribution in [1.29, 1.82) is 0 Å². The first-order chi connectivity index (χ1) is 6.74. The lowest BCUT2D eigenvalue weighted by Crippen LogP contribution is -2.33. The number of nitrogens with zero attached hydrogens (tertiary/aromatic N) is 1. The molecule has 1 fully saturated rings. The van der Waals surface area contributed by atoms with Crippen LogP contribution in [-0.4, -0.2) is 43.1 Å². The summed E-state index contributed by atoms with van der Waals surface area (Å²) in [6.07, 6.45) is 2.55. The second-order valence-electron chi connectivity index (χ2n) is 4.46. The zero-order valence-electron chi connectivity index (χ0n) is 9.34. The molecule has 0 bridgehead atoms. The number of likely N-dealkylation sites (tertiary alicyclic amines) is 1. The zero-order valence-corrected chi connectivity index (χ0v) is 10.1. The predicted molar refractivity (Wildman–Crippen MR) is 61.0 cm³/mol. The summed E-state index contributed by atoms with van der Waals surface area (Å²) in [5.74, 6) is 1.40. The van der Waals surface area contributed by atoms with Crippen LogP contribution in [0.2, 0.25) is 0 Å². The van der Waals surface area contributed by atoms with Crippen LogP contribution in [0, 0.1) is 5.92 Å². The highest BCUT2D eigenvalue weighted by Gasteiger charge is 2.22. The van der Waals surface area contributed by atoms with Gasteiger partial charge in [0.15, 0.2) is 0 Å². The number of hydrogen-bond donors (Lipinski definition) is 0. The van der Waals surface area contributed by atoms with Crippen LogP contribution < -0.4 is 0 Å². The Balaban J connectivity index is 2.05. The molecule has 0 aromatic rings. The van der Waals surface area contributed by atoms with E-state index in [0.29, 0.717) is 12.0 Å². The van der Waals surface area contributed by atoms with Crippen molar-refractivity contribution in [2.24, 2.45) is 5.92 Å². The van der Waals surface area contributed by atoms with Gasteiger partial charge in [0, 0.05) is 25.1 Å². The highest BCUT2D eigenvalue weighted by Crippen LogP contribution is 2.17. The first kappa shape index (κ1) is 12.3. The van der Waals surface area contributed by atoms with E-state index in [1.807, 2.05) is 0 Å². The van der Waals surface area contributed by atoms with Crippen LogP contribution >= 0.6 is 11.6 Å². The summed E-state index contributed by atoms with van der Waals surface area (Å²) >= 11 is 5.88. The van der Waals surface area contributed by atoms with Crippen molar-refractivity contribution in [3.05, 3.63) is 0 Å². The van der Waals surface area contributed by atoms with Crippen molar-refractivity contribution in [3.8, 4) is 0 Å². The van der Waals surface area contributed by atoms with Gasteiger partial charge in [-0.05, 0) is 25.3 Å². The second kappa shape index (κ2) is 6.65. The molecule has 0 radical (unpaired) electrons. The van der Waals surface area contributed by atoms with Crippen molar-refractivity contribution in [1.82, 2.24) is 4.90 Å². The lowest BCUT2D eigenvalue weighted by atomic mass is 10.2. The third-order valence-electron chi connectivity index (χ3n) is 2.65. The molecule has 1 rings (SSSR count). The van der Waals surface area contributed by atoms with Crippen LogP contribution in [-0.2, 0) is 4.74 Å². The maximum absolute atomic E-state index is 5.88. The summed E-state index contributed by atoms with van der Waals surface area (Å²) in [7, 11) is 0. The van der Waals surface area contributed by atoms with Gasteiger partial charge in [0.05, 0.1) is 6.61 Å². The smallest absolute Gasteiger partial charge is 0.0593 e. The van der Waals surface area contributed by atoms with Crippen molar-refractivity contribution in [2.45, 2.75) is 32.7 Å². The molecule has 0 aromatic heterocycles. The molecule has 0 aromatic carbocycles. The van der Waals surface area contributed by atoms with Crippen LogP contribution in [0.5, 0.6) is 0 Å². The minimum Gasteiger partial charge on any atom is -0.380 e. The summed E-state index contributed by atoms with van der Waals surface area (Å²) < 4.78 is 5.57. The van der Waals surface area contributed by atoms with Gasteiger partial charge < -0.3 is 4.74 Å². The van der Waals surface area contributed by atoms with Gasteiger partial charge in [0.2, 0.25) is 0 Å². The third kappa shape index (κ3) is 4.16. The molecule has 1 atom stereocenters. The van der Waals surface area contributed by atoms with Crippen molar-refractivity contribution in [2.75, 3.05) is 32.2 Å². The SMILES string of the molecule is CC(C)COCCN1CCCC1CCl. The summed E-state index contributed by atoms with van der Waals surface area (Å²) in [6.45, 7) is 8.33.